The van der Waals surface area contributed by atoms with Gasteiger partial charge in [-0.1, -0.05) is 65.7 Å². The maximum Gasteiger partial charge on any atom is 0.511 e. The van der Waals surface area contributed by atoms with Gasteiger partial charge >= 0.3 is 6.16 Å². The predicted molar refractivity (Wildman–Crippen MR) is 88.1 cm³/mol. The van der Waals surface area contributed by atoms with Gasteiger partial charge in [0.25, 0.3) is 0 Å². The van der Waals surface area contributed by atoms with Gasteiger partial charge in [0.2, 0.25) is 0 Å². The highest BCUT2D eigenvalue weighted by Crippen LogP contribution is 2.43. The van der Waals surface area contributed by atoms with Crippen molar-refractivity contribution < 1.29 is 14.6 Å². The van der Waals surface area contributed by atoms with E-state index in [1.165, 1.54) is 0 Å². The number of fused-ring (bicyclic) bond motifs is 1. The highest BCUT2D eigenvalue weighted by Gasteiger charge is 2.18. The summed E-state index contributed by atoms with van der Waals surface area (Å²) in [7, 11) is 0. The third-order valence-corrected chi connectivity index (χ3v) is 4.00. The van der Waals surface area contributed by atoms with Crippen molar-refractivity contribution in [2.24, 2.45) is 0 Å². The Hall–Kier alpha value is -2.23. The van der Waals surface area contributed by atoms with Gasteiger partial charge in [0, 0.05) is 21.5 Å². The van der Waals surface area contributed by atoms with Crippen molar-refractivity contribution in [2.45, 2.75) is 0 Å². The van der Waals surface area contributed by atoms with E-state index in [1.807, 2.05) is 36.4 Å². The van der Waals surface area contributed by atoms with Gasteiger partial charge in [-0.2, -0.15) is 0 Å². The zero-order chi connectivity index (χ0) is 15.7. The van der Waals surface area contributed by atoms with Crippen molar-refractivity contribution in [3.63, 3.8) is 0 Å². The molecule has 0 aliphatic heterocycles. The molecule has 0 bridgehead atoms. The van der Waals surface area contributed by atoms with Crippen LogP contribution in [0.25, 0.3) is 21.9 Å². The van der Waals surface area contributed by atoms with Gasteiger partial charge in [0.15, 0.2) is 5.75 Å². The highest BCUT2D eigenvalue weighted by molar-refractivity contribution is 6.38. The third-order valence-electron chi connectivity index (χ3n) is 3.29. The summed E-state index contributed by atoms with van der Waals surface area (Å²) in [6.07, 6.45) is -1.41. The van der Waals surface area contributed by atoms with Crippen LogP contribution >= 0.6 is 23.2 Å². The average molecular weight is 333 g/mol. The van der Waals surface area contributed by atoms with Crippen LogP contribution in [0.5, 0.6) is 5.75 Å². The summed E-state index contributed by atoms with van der Waals surface area (Å²) >= 11 is 12.6. The number of carbonyl (C=O) groups is 1. The van der Waals surface area contributed by atoms with Gasteiger partial charge in [-0.15, -0.1) is 0 Å². The molecule has 0 aromatic heterocycles. The van der Waals surface area contributed by atoms with Crippen LogP contribution in [-0.2, 0) is 0 Å². The van der Waals surface area contributed by atoms with Crippen molar-refractivity contribution in [1.82, 2.24) is 0 Å². The standard InChI is InChI=1S/C17H10Cl2O3/c18-14-8-4-3-7-12(14)13-9-10-5-1-2-6-11(10)16(15(13)19)22-17(20)21/h1-9H,(H,20,21). The van der Waals surface area contributed by atoms with Gasteiger partial charge in [-0.25, -0.2) is 4.79 Å². The van der Waals surface area contributed by atoms with E-state index < -0.39 is 6.16 Å². The molecule has 3 rings (SSSR count). The summed E-state index contributed by atoms with van der Waals surface area (Å²) in [4.78, 5) is 11.0. The van der Waals surface area contributed by atoms with Crippen LogP contribution in [0.2, 0.25) is 10.0 Å². The van der Waals surface area contributed by atoms with E-state index in [2.05, 4.69) is 0 Å². The summed E-state index contributed by atoms with van der Waals surface area (Å²) < 4.78 is 4.90. The lowest BCUT2D eigenvalue weighted by Crippen LogP contribution is -2.04. The van der Waals surface area contributed by atoms with E-state index in [0.29, 0.717) is 16.0 Å². The molecule has 3 aromatic rings. The minimum Gasteiger partial charge on any atom is -0.449 e. The fraction of sp³-hybridized carbons (Fsp3) is 0. The van der Waals surface area contributed by atoms with Gasteiger partial charge in [0.1, 0.15) is 0 Å². The molecule has 0 radical (unpaired) electrons. The molecule has 3 nitrogen and oxygen atoms in total. The van der Waals surface area contributed by atoms with Crippen molar-refractivity contribution in [3.8, 4) is 16.9 Å². The first-order valence-corrected chi connectivity index (χ1v) is 7.20. The average Bonchev–Trinajstić information content (AvgIpc) is 2.50. The number of hydrogen-bond acceptors (Lipinski definition) is 2. The Kier molecular flexibility index (Phi) is 3.92. The topological polar surface area (TPSA) is 46.5 Å². The number of carboxylic acid groups (broad SMARTS) is 1. The third kappa shape index (κ3) is 2.61. The van der Waals surface area contributed by atoms with E-state index in [9.17, 15) is 4.79 Å². The summed E-state index contributed by atoms with van der Waals surface area (Å²) in [6, 6.07) is 16.4. The Morgan fingerprint density at radius 2 is 1.64 bits per heavy atom. The van der Waals surface area contributed by atoms with Crippen LogP contribution in [0.15, 0.2) is 54.6 Å². The maximum absolute atomic E-state index is 11.0. The Balaban J connectivity index is 2.35. The lowest BCUT2D eigenvalue weighted by Gasteiger charge is -2.13. The summed E-state index contributed by atoms with van der Waals surface area (Å²) in [6.45, 7) is 0. The number of rotatable bonds is 2. The largest absolute Gasteiger partial charge is 0.511 e. The molecule has 0 aliphatic rings. The summed E-state index contributed by atoms with van der Waals surface area (Å²) in [5.74, 6) is 0.113. The SMILES string of the molecule is O=C(O)Oc1c(Cl)c(-c2ccccc2Cl)cc2ccccc12. The smallest absolute Gasteiger partial charge is 0.449 e. The predicted octanol–water partition coefficient (Wildman–Crippen LogP) is 5.87. The molecule has 1 N–H and O–H groups in total. The van der Waals surface area contributed by atoms with Crippen molar-refractivity contribution in [1.29, 1.82) is 0 Å². The minimum atomic E-state index is -1.41. The second-order valence-corrected chi connectivity index (χ2v) is 5.42. The van der Waals surface area contributed by atoms with Crippen molar-refractivity contribution in [2.75, 3.05) is 0 Å². The zero-order valence-electron chi connectivity index (χ0n) is 11.2. The fourth-order valence-corrected chi connectivity index (χ4v) is 2.89. The zero-order valence-corrected chi connectivity index (χ0v) is 12.7. The normalized spacial score (nSPS) is 10.6. The molecule has 3 aromatic carbocycles. The Bertz CT molecular complexity index is 875. The van der Waals surface area contributed by atoms with Crippen molar-refractivity contribution >= 4 is 40.1 Å². The highest BCUT2D eigenvalue weighted by atomic mass is 35.5. The van der Waals surface area contributed by atoms with Crippen LogP contribution < -0.4 is 4.74 Å². The monoisotopic (exact) mass is 332 g/mol. The molecular formula is C17H10Cl2O3. The Morgan fingerprint density at radius 1 is 0.955 bits per heavy atom. The first-order valence-electron chi connectivity index (χ1n) is 6.45. The second-order valence-electron chi connectivity index (χ2n) is 4.64. The van der Waals surface area contributed by atoms with Gasteiger partial charge in [-0.05, 0) is 17.5 Å². The van der Waals surface area contributed by atoms with Crippen LogP contribution in [0, 0.1) is 0 Å². The van der Waals surface area contributed by atoms with Crippen molar-refractivity contribution in [3.05, 3.63) is 64.6 Å². The van der Waals surface area contributed by atoms with E-state index >= 15 is 0 Å². The maximum atomic E-state index is 11.0. The molecule has 0 amide bonds. The lowest BCUT2D eigenvalue weighted by molar-refractivity contribution is 0.145. The molecular weight excluding hydrogens is 323 g/mol. The van der Waals surface area contributed by atoms with Gasteiger partial charge < -0.3 is 9.84 Å². The minimum absolute atomic E-state index is 0.113. The molecule has 0 saturated carbocycles. The molecule has 0 unspecified atom stereocenters. The molecule has 110 valence electrons. The van der Waals surface area contributed by atoms with Crippen LogP contribution in [0.3, 0.4) is 0 Å². The fourth-order valence-electron chi connectivity index (χ4n) is 2.35. The number of halogens is 2. The first-order chi connectivity index (χ1) is 10.6. The first kappa shape index (κ1) is 14.7. The second kappa shape index (κ2) is 5.87. The van der Waals surface area contributed by atoms with E-state index in [-0.39, 0.29) is 10.8 Å². The molecule has 0 fully saturated rings. The molecule has 0 heterocycles. The summed E-state index contributed by atoms with van der Waals surface area (Å²) in [5.41, 5.74) is 1.34. The van der Waals surface area contributed by atoms with E-state index in [0.717, 1.165) is 10.9 Å². The summed E-state index contributed by atoms with van der Waals surface area (Å²) in [5, 5.41) is 11.2. The van der Waals surface area contributed by atoms with Crippen LogP contribution in [0.1, 0.15) is 0 Å². The molecule has 22 heavy (non-hydrogen) atoms. The van der Waals surface area contributed by atoms with E-state index in [1.54, 1.807) is 18.2 Å². The Labute approximate surface area is 136 Å². The van der Waals surface area contributed by atoms with Crippen LogP contribution in [-0.4, -0.2) is 11.3 Å². The lowest BCUT2D eigenvalue weighted by atomic mass is 10.00. The molecule has 0 atom stereocenters. The number of benzene rings is 3. The molecule has 5 heteroatoms. The quantitative estimate of drug-likeness (QED) is 0.471. The number of hydrogen-bond donors (Lipinski definition) is 1. The number of ether oxygens (including phenoxy) is 1. The van der Waals surface area contributed by atoms with Gasteiger partial charge in [0.05, 0.1) is 5.02 Å². The molecule has 0 aliphatic carbocycles. The van der Waals surface area contributed by atoms with E-state index in [4.69, 9.17) is 33.0 Å². The Morgan fingerprint density at radius 3 is 2.36 bits per heavy atom. The van der Waals surface area contributed by atoms with Gasteiger partial charge in [-0.3, -0.25) is 0 Å². The molecule has 0 spiro atoms. The molecule has 0 saturated heterocycles. The van der Waals surface area contributed by atoms with Crippen LogP contribution in [0.4, 0.5) is 4.79 Å².